The van der Waals surface area contributed by atoms with Gasteiger partial charge < -0.3 is 10.6 Å². The Hall–Kier alpha value is -2.22. The molecule has 31 heavy (non-hydrogen) atoms. The maximum absolute atomic E-state index is 3.82. The number of hydrogen-bond donors (Lipinski definition) is 2. The average molecular weight is 421 g/mol. The molecule has 0 saturated carbocycles. The zero-order valence-corrected chi connectivity index (χ0v) is 21.4. The number of rotatable bonds is 9. The minimum Gasteiger partial charge on any atom is -0.379 e. The standard InChI is InChI=1S/C29H44N2/c1-18(2)24-13-11-14-25(19(3)4)28(24)30-22(9)17-23(10)31-29-26(20(5)6)15-12-16-27(29)21(7)8/h11-22,30-31H,1-10H3/b23-17+. The Labute approximate surface area is 191 Å². The first-order valence-corrected chi connectivity index (χ1v) is 12.0. The van der Waals surface area contributed by atoms with Crippen LogP contribution < -0.4 is 10.6 Å². The van der Waals surface area contributed by atoms with Crippen LogP contribution in [0.5, 0.6) is 0 Å². The number of allylic oxidation sites excluding steroid dienone is 1. The molecule has 170 valence electrons. The minimum atomic E-state index is 0.221. The van der Waals surface area contributed by atoms with E-state index in [1.165, 1.54) is 39.3 Å². The summed E-state index contributed by atoms with van der Waals surface area (Å²) in [6, 6.07) is 13.6. The monoisotopic (exact) mass is 420 g/mol. The molecule has 1 unspecified atom stereocenters. The van der Waals surface area contributed by atoms with Crippen LogP contribution in [0.1, 0.15) is 115 Å². The van der Waals surface area contributed by atoms with E-state index in [1.54, 1.807) is 0 Å². The predicted molar refractivity (Wildman–Crippen MR) is 140 cm³/mol. The van der Waals surface area contributed by atoms with Crippen molar-refractivity contribution >= 4 is 11.4 Å². The maximum Gasteiger partial charge on any atom is 0.0452 e. The highest BCUT2D eigenvalue weighted by Crippen LogP contribution is 2.34. The zero-order chi connectivity index (χ0) is 23.3. The number of hydrogen-bond acceptors (Lipinski definition) is 2. The first-order chi connectivity index (χ1) is 14.5. The summed E-state index contributed by atoms with van der Waals surface area (Å²) in [5.41, 5.74) is 9.31. The summed E-state index contributed by atoms with van der Waals surface area (Å²) in [6.07, 6.45) is 2.31. The molecule has 0 aliphatic heterocycles. The molecule has 1 atom stereocenters. The molecule has 2 rings (SSSR count). The van der Waals surface area contributed by atoms with Crippen LogP contribution in [0.4, 0.5) is 11.4 Å². The Morgan fingerprint density at radius 3 is 1.32 bits per heavy atom. The van der Waals surface area contributed by atoms with Gasteiger partial charge in [0.1, 0.15) is 0 Å². The van der Waals surface area contributed by atoms with E-state index in [1.807, 2.05) is 0 Å². The largest absolute Gasteiger partial charge is 0.379 e. The summed E-state index contributed by atoms with van der Waals surface area (Å²) in [5.74, 6) is 1.94. The summed E-state index contributed by atoms with van der Waals surface area (Å²) in [4.78, 5) is 0. The number of anilines is 2. The van der Waals surface area contributed by atoms with Gasteiger partial charge in [-0.1, -0.05) is 91.8 Å². The molecule has 2 aromatic carbocycles. The highest BCUT2D eigenvalue weighted by atomic mass is 14.9. The third kappa shape index (κ3) is 6.38. The lowest BCUT2D eigenvalue weighted by Gasteiger charge is -2.24. The highest BCUT2D eigenvalue weighted by Gasteiger charge is 2.16. The van der Waals surface area contributed by atoms with Crippen LogP contribution in [0.2, 0.25) is 0 Å². The molecular weight excluding hydrogens is 376 g/mol. The van der Waals surface area contributed by atoms with Gasteiger partial charge in [0, 0.05) is 23.1 Å². The second kappa shape index (κ2) is 10.9. The molecule has 2 aromatic rings. The maximum atomic E-state index is 3.82. The fourth-order valence-corrected chi connectivity index (χ4v) is 4.30. The molecule has 0 aliphatic rings. The molecule has 0 bridgehead atoms. The van der Waals surface area contributed by atoms with E-state index in [4.69, 9.17) is 0 Å². The van der Waals surface area contributed by atoms with E-state index in [2.05, 4.69) is 122 Å². The van der Waals surface area contributed by atoms with Crippen molar-refractivity contribution in [3.05, 3.63) is 70.4 Å². The summed E-state index contributed by atoms with van der Waals surface area (Å²) in [5, 5.41) is 7.57. The number of nitrogens with one attached hydrogen (secondary N) is 2. The number of para-hydroxylation sites is 2. The Bertz CT molecular complexity index is 835. The van der Waals surface area contributed by atoms with Gasteiger partial charge in [0.25, 0.3) is 0 Å². The Balaban J connectivity index is 2.33. The van der Waals surface area contributed by atoms with Crippen molar-refractivity contribution in [1.29, 1.82) is 0 Å². The summed E-state index contributed by atoms with van der Waals surface area (Å²) in [6.45, 7) is 22.6. The van der Waals surface area contributed by atoms with Gasteiger partial charge in [-0.3, -0.25) is 0 Å². The third-order valence-corrected chi connectivity index (χ3v) is 5.94. The van der Waals surface area contributed by atoms with Crippen LogP contribution in [-0.4, -0.2) is 6.04 Å². The van der Waals surface area contributed by atoms with E-state index in [0.717, 1.165) is 0 Å². The van der Waals surface area contributed by atoms with Crippen LogP contribution >= 0.6 is 0 Å². The molecule has 0 aliphatic carbocycles. The van der Waals surface area contributed by atoms with Crippen molar-refractivity contribution < 1.29 is 0 Å². The number of benzene rings is 2. The third-order valence-electron chi connectivity index (χ3n) is 5.94. The summed E-state index contributed by atoms with van der Waals surface area (Å²) >= 11 is 0. The van der Waals surface area contributed by atoms with Gasteiger partial charge in [-0.05, 0) is 65.8 Å². The Kier molecular flexibility index (Phi) is 8.79. The smallest absolute Gasteiger partial charge is 0.0452 e. The van der Waals surface area contributed by atoms with Crippen molar-refractivity contribution in [2.45, 2.75) is 99.0 Å². The Morgan fingerprint density at radius 1 is 0.613 bits per heavy atom. The second-order valence-corrected chi connectivity index (χ2v) is 10.1. The lowest BCUT2D eigenvalue weighted by molar-refractivity contribution is 0.825. The summed E-state index contributed by atoms with van der Waals surface area (Å²) < 4.78 is 0. The van der Waals surface area contributed by atoms with Crippen LogP contribution in [0.3, 0.4) is 0 Å². The van der Waals surface area contributed by atoms with E-state index < -0.39 is 0 Å². The molecule has 0 saturated heterocycles. The Morgan fingerprint density at radius 2 is 0.968 bits per heavy atom. The lowest BCUT2D eigenvalue weighted by atomic mass is 9.92. The molecule has 0 amide bonds. The fraction of sp³-hybridized carbons (Fsp3) is 0.517. The average Bonchev–Trinajstić information content (AvgIpc) is 2.67. The molecule has 0 radical (unpaired) electrons. The fourth-order valence-electron chi connectivity index (χ4n) is 4.30. The normalized spacial score (nSPS) is 13.4. The van der Waals surface area contributed by atoms with Gasteiger partial charge in [0.05, 0.1) is 0 Å². The highest BCUT2D eigenvalue weighted by molar-refractivity contribution is 5.64. The molecular formula is C29H44N2. The molecule has 2 N–H and O–H groups in total. The minimum absolute atomic E-state index is 0.221. The lowest BCUT2D eigenvalue weighted by Crippen LogP contribution is -2.18. The van der Waals surface area contributed by atoms with Crippen LogP contribution in [0, 0.1) is 0 Å². The van der Waals surface area contributed by atoms with Gasteiger partial charge in [0.2, 0.25) is 0 Å². The second-order valence-electron chi connectivity index (χ2n) is 10.1. The summed E-state index contributed by atoms with van der Waals surface area (Å²) in [7, 11) is 0. The molecule has 2 heteroatoms. The quantitative estimate of drug-likeness (QED) is 0.423. The van der Waals surface area contributed by atoms with Gasteiger partial charge in [-0.2, -0.15) is 0 Å². The van der Waals surface area contributed by atoms with E-state index >= 15 is 0 Å². The zero-order valence-electron chi connectivity index (χ0n) is 21.4. The van der Waals surface area contributed by atoms with E-state index in [-0.39, 0.29) is 6.04 Å². The van der Waals surface area contributed by atoms with Gasteiger partial charge in [-0.15, -0.1) is 0 Å². The van der Waals surface area contributed by atoms with Crippen LogP contribution in [-0.2, 0) is 0 Å². The van der Waals surface area contributed by atoms with Crippen molar-refractivity contribution in [3.63, 3.8) is 0 Å². The van der Waals surface area contributed by atoms with Crippen molar-refractivity contribution in [2.24, 2.45) is 0 Å². The van der Waals surface area contributed by atoms with Gasteiger partial charge in [-0.25, -0.2) is 0 Å². The molecule has 0 heterocycles. The molecule has 0 spiro atoms. The molecule has 0 aromatic heterocycles. The predicted octanol–water partition coefficient (Wildman–Crippen LogP) is 9.00. The first-order valence-electron chi connectivity index (χ1n) is 12.0. The molecule has 2 nitrogen and oxygen atoms in total. The SMILES string of the molecule is C/C(=C\C(C)Nc1c(C(C)C)cccc1C(C)C)Nc1c(C(C)C)cccc1C(C)C. The van der Waals surface area contributed by atoms with Crippen LogP contribution in [0.25, 0.3) is 0 Å². The van der Waals surface area contributed by atoms with E-state index in [9.17, 15) is 0 Å². The van der Waals surface area contributed by atoms with Gasteiger partial charge in [0.15, 0.2) is 0 Å². The first kappa shape index (κ1) is 25.0. The topological polar surface area (TPSA) is 24.1 Å². The molecule has 0 fully saturated rings. The van der Waals surface area contributed by atoms with E-state index in [0.29, 0.717) is 23.7 Å². The van der Waals surface area contributed by atoms with Gasteiger partial charge >= 0.3 is 0 Å². The van der Waals surface area contributed by atoms with Crippen LogP contribution in [0.15, 0.2) is 48.2 Å². The van der Waals surface area contributed by atoms with Crippen molar-refractivity contribution in [1.82, 2.24) is 0 Å². The van der Waals surface area contributed by atoms with Crippen molar-refractivity contribution in [2.75, 3.05) is 10.6 Å². The van der Waals surface area contributed by atoms with Crippen molar-refractivity contribution in [3.8, 4) is 0 Å².